The quantitative estimate of drug-likeness (QED) is 0.438. The Hall–Kier alpha value is -0.300. The van der Waals surface area contributed by atoms with Crippen molar-refractivity contribution in [2.24, 2.45) is 58.7 Å². The first-order chi connectivity index (χ1) is 14.3. The van der Waals surface area contributed by atoms with Gasteiger partial charge in [0.05, 0.1) is 6.10 Å². The monoisotopic (exact) mass is 414 g/mol. The largest absolute Gasteiger partial charge is 0.389 e. The van der Waals surface area contributed by atoms with E-state index in [0.717, 1.165) is 47.3 Å². The third kappa shape index (κ3) is 3.95. The highest BCUT2D eigenvalue weighted by Gasteiger charge is 2.56. The first-order valence-electron chi connectivity index (χ1n) is 13.7. The van der Waals surface area contributed by atoms with Gasteiger partial charge in [-0.05, 0) is 110 Å². The van der Waals surface area contributed by atoms with Crippen molar-refractivity contribution in [3.8, 4) is 0 Å². The number of aliphatic hydroxyl groups excluding tert-OH is 1. The summed E-state index contributed by atoms with van der Waals surface area (Å²) < 4.78 is 0. The van der Waals surface area contributed by atoms with Crippen LogP contribution in [0.4, 0.5) is 0 Å². The zero-order valence-electron chi connectivity index (χ0n) is 20.9. The average Bonchev–Trinajstić information content (AvgIpc) is 3.14. The SMILES string of the molecule is CC[C@@H](CC[C@@H](C)[C@H]1CC[C@H]2[C@@H]1CC[C@H]1[C@H]2[C@@H](O)C=C2C[C@H](C)CC[C@]21C)C(C)C. The van der Waals surface area contributed by atoms with Gasteiger partial charge in [0.1, 0.15) is 0 Å². The van der Waals surface area contributed by atoms with Crippen LogP contribution < -0.4 is 0 Å². The molecule has 0 saturated heterocycles. The molecule has 1 heteroatoms. The number of aliphatic hydroxyl groups is 1. The highest BCUT2D eigenvalue weighted by atomic mass is 16.3. The lowest BCUT2D eigenvalue weighted by Gasteiger charge is -2.57. The molecule has 4 rings (SSSR count). The minimum atomic E-state index is -0.171. The highest BCUT2D eigenvalue weighted by Crippen LogP contribution is 2.63. The van der Waals surface area contributed by atoms with Gasteiger partial charge in [-0.2, -0.15) is 0 Å². The molecule has 1 nitrogen and oxygen atoms in total. The smallest absolute Gasteiger partial charge is 0.0757 e. The van der Waals surface area contributed by atoms with E-state index in [0.29, 0.717) is 11.3 Å². The van der Waals surface area contributed by atoms with E-state index < -0.39 is 0 Å². The fraction of sp³-hybridized carbons (Fsp3) is 0.931. The summed E-state index contributed by atoms with van der Waals surface area (Å²) in [5.41, 5.74) is 2.01. The van der Waals surface area contributed by atoms with E-state index in [9.17, 15) is 5.11 Å². The van der Waals surface area contributed by atoms with Crippen molar-refractivity contribution in [1.29, 1.82) is 0 Å². The van der Waals surface area contributed by atoms with E-state index >= 15 is 0 Å². The lowest BCUT2D eigenvalue weighted by Crippen LogP contribution is -2.51. The average molecular weight is 415 g/mol. The molecule has 0 aromatic heterocycles. The second kappa shape index (κ2) is 8.92. The molecule has 0 unspecified atom stereocenters. The van der Waals surface area contributed by atoms with E-state index in [-0.39, 0.29) is 6.10 Å². The van der Waals surface area contributed by atoms with Crippen LogP contribution in [-0.2, 0) is 0 Å². The third-order valence-electron chi connectivity index (χ3n) is 10.9. The zero-order valence-corrected chi connectivity index (χ0v) is 20.9. The van der Waals surface area contributed by atoms with Crippen LogP contribution in [0.2, 0.25) is 0 Å². The first-order valence-corrected chi connectivity index (χ1v) is 13.7. The lowest BCUT2D eigenvalue weighted by molar-refractivity contribution is -0.0593. The van der Waals surface area contributed by atoms with Crippen molar-refractivity contribution in [2.75, 3.05) is 0 Å². The summed E-state index contributed by atoms with van der Waals surface area (Å²) in [6.45, 7) is 14.7. The molecule has 0 aromatic rings. The predicted octanol–water partition coefficient (Wildman–Crippen LogP) is 7.88. The van der Waals surface area contributed by atoms with Crippen LogP contribution in [0.25, 0.3) is 0 Å². The van der Waals surface area contributed by atoms with E-state index in [2.05, 4.69) is 47.6 Å². The van der Waals surface area contributed by atoms with Crippen LogP contribution >= 0.6 is 0 Å². The number of hydrogen-bond donors (Lipinski definition) is 1. The van der Waals surface area contributed by atoms with E-state index in [1.165, 1.54) is 64.2 Å². The molecule has 0 heterocycles. The van der Waals surface area contributed by atoms with Crippen molar-refractivity contribution < 1.29 is 5.11 Å². The van der Waals surface area contributed by atoms with Gasteiger partial charge in [0, 0.05) is 0 Å². The van der Waals surface area contributed by atoms with Crippen LogP contribution in [0, 0.1) is 58.7 Å². The molecule has 0 radical (unpaired) electrons. The number of hydrogen-bond acceptors (Lipinski definition) is 1. The van der Waals surface area contributed by atoms with E-state index in [4.69, 9.17) is 0 Å². The normalized spacial score (nSPS) is 45.3. The van der Waals surface area contributed by atoms with E-state index in [1.807, 2.05) is 0 Å². The maximum atomic E-state index is 11.3. The van der Waals surface area contributed by atoms with Gasteiger partial charge >= 0.3 is 0 Å². The third-order valence-corrected chi connectivity index (χ3v) is 10.9. The topological polar surface area (TPSA) is 20.2 Å². The maximum absolute atomic E-state index is 11.3. The van der Waals surface area contributed by atoms with Gasteiger partial charge in [-0.25, -0.2) is 0 Å². The minimum Gasteiger partial charge on any atom is -0.389 e. The fourth-order valence-electron chi connectivity index (χ4n) is 8.96. The van der Waals surface area contributed by atoms with Gasteiger partial charge in [0.15, 0.2) is 0 Å². The summed E-state index contributed by atoms with van der Waals surface area (Å²) >= 11 is 0. The molecule has 3 fully saturated rings. The molecule has 1 N–H and O–H groups in total. The second-order valence-corrected chi connectivity index (χ2v) is 12.7. The van der Waals surface area contributed by atoms with Crippen molar-refractivity contribution >= 4 is 0 Å². The standard InChI is InChI=1S/C29H50O/c1-7-21(18(2)3)9-8-20(5)23-10-11-25-24(23)12-13-26-28(25)27(30)17-22-16-19(4)14-15-29(22,26)6/h17-21,23-28,30H,7-16H2,1-6H3/t19-,20-,21+,23-,24-,25+,26+,27+,28+,29-/m1/s1. The summed E-state index contributed by atoms with van der Waals surface area (Å²) in [6.07, 6.45) is 16.0. The van der Waals surface area contributed by atoms with Crippen molar-refractivity contribution in [2.45, 2.75) is 112 Å². The first kappa shape index (κ1) is 22.9. The summed E-state index contributed by atoms with van der Waals surface area (Å²) in [5.74, 6) is 7.26. The summed E-state index contributed by atoms with van der Waals surface area (Å²) in [6, 6.07) is 0. The zero-order chi connectivity index (χ0) is 21.6. The van der Waals surface area contributed by atoms with Crippen LogP contribution in [0.1, 0.15) is 106 Å². The number of rotatable bonds is 6. The van der Waals surface area contributed by atoms with Crippen molar-refractivity contribution in [3.05, 3.63) is 11.6 Å². The summed E-state index contributed by atoms with van der Waals surface area (Å²) in [7, 11) is 0. The lowest BCUT2D eigenvalue weighted by atomic mass is 9.49. The molecular formula is C29H50O. The molecule has 0 aromatic carbocycles. The van der Waals surface area contributed by atoms with Crippen LogP contribution in [0.5, 0.6) is 0 Å². The molecule has 172 valence electrons. The van der Waals surface area contributed by atoms with Crippen LogP contribution in [-0.4, -0.2) is 11.2 Å². The molecule has 3 saturated carbocycles. The summed E-state index contributed by atoms with van der Waals surface area (Å²) in [5, 5.41) is 11.3. The summed E-state index contributed by atoms with van der Waals surface area (Å²) in [4.78, 5) is 0. The number of fused-ring (bicyclic) bond motifs is 5. The van der Waals surface area contributed by atoms with Crippen LogP contribution in [0.3, 0.4) is 0 Å². The molecule has 0 bridgehead atoms. The van der Waals surface area contributed by atoms with Gasteiger partial charge < -0.3 is 5.11 Å². The Morgan fingerprint density at radius 1 is 1.03 bits per heavy atom. The fourth-order valence-corrected chi connectivity index (χ4v) is 8.96. The predicted molar refractivity (Wildman–Crippen MR) is 128 cm³/mol. The Morgan fingerprint density at radius 3 is 2.47 bits per heavy atom. The Balaban J connectivity index is 1.46. The second-order valence-electron chi connectivity index (χ2n) is 12.7. The van der Waals surface area contributed by atoms with Gasteiger partial charge in [-0.1, -0.05) is 66.0 Å². The number of allylic oxidation sites excluding steroid dienone is 1. The van der Waals surface area contributed by atoms with Crippen molar-refractivity contribution in [1.82, 2.24) is 0 Å². The molecule has 4 aliphatic carbocycles. The van der Waals surface area contributed by atoms with Crippen LogP contribution in [0.15, 0.2) is 11.6 Å². The van der Waals surface area contributed by atoms with Gasteiger partial charge in [0.2, 0.25) is 0 Å². The van der Waals surface area contributed by atoms with Gasteiger partial charge in [0.25, 0.3) is 0 Å². The highest BCUT2D eigenvalue weighted by molar-refractivity contribution is 5.26. The molecule has 0 aliphatic heterocycles. The molecule has 0 amide bonds. The molecular weight excluding hydrogens is 364 g/mol. The molecule has 30 heavy (non-hydrogen) atoms. The van der Waals surface area contributed by atoms with Gasteiger partial charge in [-0.15, -0.1) is 0 Å². The minimum absolute atomic E-state index is 0.171. The van der Waals surface area contributed by atoms with Gasteiger partial charge in [-0.3, -0.25) is 0 Å². The maximum Gasteiger partial charge on any atom is 0.0757 e. The van der Waals surface area contributed by atoms with Crippen molar-refractivity contribution in [3.63, 3.8) is 0 Å². The Kier molecular flexibility index (Phi) is 6.80. The Labute approximate surface area is 187 Å². The Bertz CT molecular complexity index is 620. The molecule has 0 spiro atoms. The van der Waals surface area contributed by atoms with E-state index in [1.54, 1.807) is 5.57 Å². The molecule has 10 atom stereocenters. The molecule has 4 aliphatic rings. The Morgan fingerprint density at radius 2 is 1.77 bits per heavy atom.